The highest BCUT2D eigenvalue weighted by atomic mass is 16.5. The van der Waals surface area contributed by atoms with Crippen LogP contribution >= 0.6 is 0 Å². The molecule has 4 heteroatoms. The van der Waals surface area contributed by atoms with E-state index in [1.54, 1.807) is 12.4 Å². The summed E-state index contributed by atoms with van der Waals surface area (Å²) in [5.41, 5.74) is 1.05. The molecule has 1 atom stereocenters. The Balaban J connectivity index is 1.64. The molecule has 0 amide bonds. The summed E-state index contributed by atoms with van der Waals surface area (Å²) in [4.78, 5) is 10.8. The molecule has 1 aliphatic rings. The van der Waals surface area contributed by atoms with Gasteiger partial charge in [-0.05, 0) is 31.2 Å². The maximum absolute atomic E-state index is 5.95. The van der Waals surface area contributed by atoms with E-state index in [0.717, 1.165) is 36.8 Å². The molecule has 3 rings (SSSR count). The molecule has 0 radical (unpaired) electrons. The van der Waals surface area contributed by atoms with Crippen molar-refractivity contribution in [3.8, 4) is 5.75 Å². The van der Waals surface area contributed by atoms with Crippen molar-refractivity contribution >= 4 is 5.82 Å². The van der Waals surface area contributed by atoms with Crippen LogP contribution in [0.5, 0.6) is 5.75 Å². The van der Waals surface area contributed by atoms with Crippen molar-refractivity contribution in [2.75, 3.05) is 18.0 Å². The quantitative estimate of drug-likeness (QED) is 0.844. The Labute approximate surface area is 113 Å². The van der Waals surface area contributed by atoms with E-state index in [1.165, 1.54) is 0 Å². The molecular weight excluding hydrogens is 238 g/mol. The minimum atomic E-state index is 0.227. The Morgan fingerprint density at radius 1 is 1.21 bits per heavy atom. The Kier molecular flexibility index (Phi) is 3.31. The number of aryl methyl sites for hydroxylation is 1. The summed E-state index contributed by atoms with van der Waals surface area (Å²) >= 11 is 0. The van der Waals surface area contributed by atoms with E-state index < -0.39 is 0 Å². The van der Waals surface area contributed by atoms with Crippen LogP contribution in [-0.2, 0) is 0 Å². The molecule has 19 heavy (non-hydrogen) atoms. The molecule has 1 aliphatic heterocycles. The summed E-state index contributed by atoms with van der Waals surface area (Å²) in [6, 6.07) is 9.92. The van der Waals surface area contributed by atoms with Crippen LogP contribution in [0, 0.1) is 6.92 Å². The molecule has 0 N–H and O–H groups in total. The van der Waals surface area contributed by atoms with E-state index in [9.17, 15) is 0 Å². The molecule has 98 valence electrons. The molecule has 0 aliphatic carbocycles. The molecule has 0 unspecified atom stereocenters. The first-order chi connectivity index (χ1) is 9.31. The van der Waals surface area contributed by atoms with Crippen LogP contribution in [0.3, 0.4) is 0 Å². The second-order valence-corrected chi connectivity index (χ2v) is 4.79. The first-order valence-electron chi connectivity index (χ1n) is 6.56. The van der Waals surface area contributed by atoms with E-state index in [4.69, 9.17) is 4.74 Å². The smallest absolute Gasteiger partial charge is 0.128 e. The van der Waals surface area contributed by atoms with Crippen LogP contribution in [0.2, 0.25) is 0 Å². The minimum Gasteiger partial charge on any atom is -0.488 e. The third-order valence-electron chi connectivity index (χ3n) is 3.30. The third kappa shape index (κ3) is 2.84. The van der Waals surface area contributed by atoms with Crippen molar-refractivity contribution in [2.45, 2.75) is 19.4 Å². The first kappa shape index (κ1) is 12.0. The molecule has 0 spiro atoms. The second kappa shape index (κ2) is 5.26. The van der Waals surface area contributed by atoms with Crippen molar-refractivity contribution < 1.29 is 4.74 Å². The van der Waals surface area contributed by atoms with E-state index in [1.807, 2.05) is 25.1 Å². The molecule has 2 aromatic rings. The van der Waals surface area contributed by atoms with Gasteiger partial charge in [0.25, 0.3) is 0 Å². The van der Waals surface area contributed by atoms with Crippen molar-refractivity contribution in [1.82, 2.24) is 9.97 Å². The van der Waals surface area contributed by atoms with Gasteiger partial charge in [0.05, 0.1) is 6.54 Å². The average molecular weight is 255 g/mol. The molecule has 0 saturated carbocycles. The average Bonchev–Trinajstić information content (AvgIpc) is 2.88. The number of nitrogens with zero attached hydrogens (tertiary/aromatic N) is 3. The molecule has 1 fully saturated rings. The fourth-order valence-corrected chi connectivity index (χ4v) is 2.35. The number of pyridine rings is 2. The van der Waals surface area contributed by atoms with E-state index >= 15 is 0 Å². The summed E-state index contributed by atoms with van der Waals surface area (Å²) in [6.07, 6.45) is 4.76. The number of anilines is 1. The summed E-state index contributed by atoms with van der Waals surface area (Å²) in [7, 11) is 0. The van der Waals surface area contributed by atoms with Gasteiger partial charge in [-0.3, -0.25) is 4.98 Å². The van der Waals surface area contributed by atoms with Crippen LogP contribution in [0.15, 0.2) is 42.7 Å². The predicted molar refractivity (Wildman–Crippen MR) is 74.5 cm³/mol. The normalized spacial score (nSPS) is 18.6. The minimum absolute atomic E-state index is 0.227. The summed E-state index contributed by atoms with van der Waals surface area (Å²) in [5.74, 6) is 1.93. The fraction of sp³-hybridized carbons (Fsp3) is 0.333. The highest BCUT2D eigenvalue weighted by molar-refractivity contribution is 5.40. The zero-order valence-corrected chi connectivity index (χ0v) is 11.0. The molecule has 4 nitrogen and oxygen atoms in total. The number of rotatable bonds is 3. The SMILES string of the molecule is Cc1cccc(N2CC[C@@H](Oc3ccncc3)C2)n1. The van der Waals surface area contributed by atoms with Gasteiger partial charge >= 0.3 is 0 Å². The highest BCUT2D eigenvalue weighted by Crippen LogP contribution is 2.21. The van der Waals surface area contributed by atoms with Crippen LogP contribution in [0.1, 0.15) is 12.1 Å². The lowest BCUT2D eigenvalue weighted by Gasteiger charge is -2.18. The van der Waals surface area contributed by atoms with E-state index in [-0.39, 0.29) is 6.10 Å². The standard InChI is InChI=1S/C15H17N3O/c1-12-3-2-4-15(17-12)18-10-7-14(11-18)19-13-5-8-16-9-6-13/h2-6,8-9,14H,7,10-11H2,1H3/t14-/m1/s1. The van der Waals surface area contributed by atoms with Gasteiger partial charge in [0.2, 0.25) is 0 Å². The Bertz CT molecular complexity index is 544. The zero-order valence-electron chi connectivity index (χ0n) is 11.0. The lowest BCUT2D eigenvalue weighted by atomic mass is 10.3. The predicted octanol–water partition coefficient (Wildman–Crippen LogP) is 2.44. The monoisotopic (exact) mass is 255 g/mol. The van der Waals surface area contributed by atoms with Gasteiger partial charge in [0.1, 0.15) is 17.7 Å². The van der Waals surface area contributed by atoms with Crippen molar-refractivity contribution in [3.05, 3.63) is 48.4 Å². The fourth-order valence-electron chi connectivity index (χ4n) is 2.35. The number of aromatic nitrogens is 2. The Morgan fingerprint density at radius 3 is 2.84 bits per heavy atom. The van der Waals surface area contributed by atoms with Gasteiger partial charge in [0, 0.05) is 31.1 Å². The van der Waals surface area contributed by atoms with E-state index in [0.29, 0.717) is 0 Å². The topological polar surface area (TPSA) is 38.2 Å². The van der Waals surface area contributed by atoms with Crippen LogP contribution in [0.25, 0.3) is 0 Å². The third-order valence-corrected chi connectivity index (χ3v) is 3.30. The molecule has 2 aromatic heterocycles. The van der Waals surface area contributed by atoms with Gasteiger partial charge in [0.15, 0.2) is 0 Å². The van der Waals surface area contributed by atoms with Gasteiger partial charge < -0.3 is 9.64 Å². The molecule has 0 aromatic carbocycles. The number of ether oxygens (including phenoxy) is 1. The van der Waals surface area contributed by atoms with Gasteiger partial charge in [-0.2, -0.15) is 0 Å². The maximum atomic E-state index is 5.95. The summed E-state index contributed by atoms with van der Waals surface area (Å²) < 4.78 is 5.95. The molecular formula is C15H17N3O. The summed E-state index contributed by atoms with van der Waals surface area (Å²) in [5, 5.41) is 0. The zero-order chi connectivity index (χ0) is 13.1. The van der Waals surface area contributed by atoms with Crippen molar-refractivity contribution in [1.29, 1.82) is 0 Å². The molecule has 0 bridgehead atoms. The lowest BCUT2D eigenvalue weighted by molar-refractivity contribution is 0.224. The summed E-state index contributed by atoms with van der Waals surface area (Å²) in [6.45, 7) is 3.90. The second-order valence-electron chi connectivity index (χ2n) is 4.79. The van der Waals surface area contributed by atoms with E-state index in [2.05, 4.69) is 27.0 Å². The Morgan fingerprint density at radius 2 is 2.05 bits per heavy atom. The van der Waals surface area contributed by atoms with Crippen LogP contribution in [0.4, 0.5) is 5.82 Å². The number of hydrogen-bond donors (Lipinski definition) is 0. The lowest BCUT2D eigenvalue weighted by Crippen LogP contribution is -2.25. The van der Waals surface area contributed by atoms with Gasteiger partial charge in [-0.15, -0.1) is 0 Å². The molecule has 1 saturated heterocycles. The molecule has 3 heterocycles. The van der Waals surface area contributed by atoms with Crippen LogP contribution in [-0.4, -0.2) is 29.2 Å². The Hall–Kier alpha value is -2.10. The van der Waals surface area contributed by atoms with Crippen molar-refractivity contribution in [3.63, 3.8) is 0 Å². The van der Waals surface area contributed by atoms with Crippen LogP contribution < -0.4 is 9.64 Å². The van der Waals surface area contributed by atoms with Gasteiger partial charge in [-0.1, -0.05) is 6.07 Å². The largest absolute Gasteiger partial charge is 0.488 e. The maximum Gasteiger partial charge on any atom is 0.128 e. The van der Waals surface area contributed by atoms with Gasteiger partial charge in [-0.25, -0.2) is 4.98 Å². The van der Waals surface area contributed by atoms with Crippen molar-refractivity contribution in [2.24, 2.45) is 0 Å². The highest BCUT2D eigenvalue weighted by Gasteiger charge is 2.24. The number of hydrogen-bond acceptors (Lipinski definition) is 4. The first-order valence-corrected chi connectivity index (χ1v) is 6.56.